The lowest BCUT2D eigenvalue weighted by Crippen LogP contribution is -2.42. The molecular weight excluding hydrogens is 248 g/mol. The Kier molecular flexibility index (Phi) is 5.22. The molecule has 0 spiro atoms. The molecule has 0 bridgehead atoms. The van der Waals surface area contributed by atoms with E-state index in [0.717, 1.165) is 18.4 Å². The van der Waals surface area contributed by atoms with Gasteiger partial charge in [-0.25, -0.2) is 4.79 Å². The van der Waals surface area contributed by atoms with Gasteiger partial charge in [-0.1, -0.05) is 49.1 Å². The normalized spacial score (nSPS) is 16.3. The van der Waals surface area contributed by atoms with Gasteiger partial charge in [0, 0.05) is 19.3 Å². The zero-order chi connectivity index (χ0) is 14.4. The topological polar surface area (TPSA) is 32.3 Å². The molecule has 3 nitrogen and oxygen atoms in total. The van der Waals surface area contributed by atoms with Crippen LogP contribution in [-0.4, -0.2) is 24.0 Å². The van der Waals surface area contributed by atoms with Crippen molar-refractivity contribution < 1.29 is 4.79 Å². The Balaban J connectivity index is 1.84. The van der Waals surface area contributed by atoms with E-state index in [1.54, 1.807) is 6.20 Å². The highest BCUT2D eigenvalue weighted by atomic mass is 16.2. The van der Waals surface area contributed by atoms with Crippen molar-refractivity contribution in [3.63, 3.8) is 0 Å². The zero-order valence-corrected chi connectivity index (χ0v) is 12.4. The summed E-state index contributed by atoms with van der Waals surface area (Å²) in [5.41, 5.74) is 2.32. The van der Waals surface area contributed by atoms with Crippen molar-refractivity contribution in [3.8, 4) is 0 Å². The van der Waals surface area contributed by atoms with Gasteiger partial charge in [0.1, 0.15) is 0 Å². The fourth-order valence-corrected chi connectivity index (χ4v) is 2.72. The first-order valence-electron chi connectivity index (χ1n) is 7.43. The number of carbonyl (C=O) groups is 1. The van der Waals surface area contributed by atoms with E-state index in [1.807, 2.05) is 30.2 Å². The molecule has 0 atom stereocenters. The van der Waals surface area contributed by atoms with Gasteiger partial charge in [0.2, 0.25) is 0 Å². The standard InChI is InChI=1S/C17H24N2O/c1-14-7-6-8-15(13-14)11-12-18-17(20)19(2)16-9-4-3-5-10-16/h6-8,11-13,16H,3-5,9-10H2,1-2H3,(H,18,20)/b12-11+. The smallest absolute Gasteiger partial charge is 0.321 e. The minimum atomic E-state index is -0.0131. The molecule has 1 aromatic rings. The molecule has 0 aliphatic heterocycles. The molecule has 1 aliphatic carbocycles. The third-order valence-corrected chi connectivity index (χ3v) is 3.97. The molecule has 1 fully saturated rings. The quantitative estimate of drug-likeness (QED) is 0.888. The molecule has 1 aliphatic rings. The number of aryl methyl sites for hydroxylation is 1. The number of benzene rings is 1. The lowest BCUT2D eigenvalue weighted by atomic mass is 9.95. The zero-order valence-electron chi connectivity index (χ0n) is 12.4. The minimum Gasteiger partial charge on any atom is -0.325 e. The van der Waals surface area contributed by atoms with Crippen molar-refractivity contribution in [1.29, 1.82) is 0 Å². The first-order chi connectivity index (χ1) is 9.66. The van der Waals surface area contributed by atoms with E-state index >= 15 is 0 Å². The first kappa shape index (κ1) is 14.6. The Morgan fingerprint density at radius 2 is 2.05 bits per heavy atom. The van der Waals surface area contributed by atoms with Gasteiger partial charge in [-0.3, -0.25) is 0 Å². The number of carbonyl (C=O) groups excluding carboxylic acids is 1. The summed E-state index contributed by atoms with van der Waals surface area (Å²) in [6.07, 6.45) is 9.70. The molecule has 1 N–H and O–H groups in total. The van der Waals surface area contributed by atoms with E-state index < -0.39 is 0 Å². The molecule has 0 unspecified atom stereocenters. The molecule has 20 heavy (non-hydrogen) atoms. The Bertz CT molecular complexity index is 476. The minimum absolute atomic E-state index is 0.0131. The molecule has 2 rings (SSSR count). The van der Waals surface area contributed by atoms with Crippen LogP contribution in [0, 0.1) is 6.92 Å². The van der Waals surface area contributed by atoms with Crippen molar-refractivity contribution in [2.45, 2.75) is 45.1 Å². The molecule has 108 valence electrons. The van der Waals surface area contributed by atoms with E-state index in [9.17, 15) is 4.79 Å². The van der Waals surface area contributed by atoms with Crippen LogP contribution in [0.4, 0.5) is 4.79 Å². The summed E-state index contributed by atoms with van der Waals surface area (Å²) in [6.45, 7) is 2.06. The van der Waals surface area contributed by atoms with Crippen LogP contribution in [0.3, 0.4) is 0 Å². The predicted octanol–water partition coefficient (Wildman–Crippen LogP) is 3.94. The number of urea groups is 1. The van der Waals surface area contributed by atoms with Gasteiger partial charge >= 0.3 is 6.03 Å². The predicted molar refractivity (Wildman–Crippen MR) is 83.4 cm³/mol. The summed E-state index contributed by atoms with van der Waals surface area (Å²) in [6, 6.07) is 8.59. The SMILES string of the molecule is Cc1cccc(/C=C/NC(=O)N(C)C2CCCCC2)c1. The maximum Gasteiger partial charge on any atom is 0.321 e. The van der Waals surface area contributed by atoms with Gasteiger partial charge in [0.15, 0.2) is 0 Å². The largest absolute Gasteiger partial charge is 0.325 e. The van der Waals surface area contributed by atoms with E-state index in [0.29, 0.717) is 6.04 Å². The van der Waals surface area contributed by atoms with Gasteiger partial charge in [0.05, 0.1) is 0 Å². The van der Waals surface area contributed by atoms with E-state index in [-0.39, 0.29) is 6.03 Å². The number of hydrogen-bond donors (Lipinski definition) is 1. The lowest BCUT2D eigenvalue weighted by molar-refractivity contribution is 0.177. The second-order valence-electron chi connectivity index (χ2n) is 5.60. The highest BCUT2D eigenvalue weighted by Gasteiger charge is 2.21. The van der Waals surface area contributed by atoms with Crippen LogP contribution in [-0.2, 0) is 0 Å². The molecule has 2 amide bonds. The average Bonchev–Trinajstić information content (AvgIpc) is 2.47. The van der Waals surface area contributed by atoms with Gasteiger partial charge in [-0.15, -0.1) is 0 Å². The van der Waals surface area contributed by atoms with Crippen LogP contribution in [0.15, 0.2) is 30.5 Å². The van der Waals surface area contributed by atoms with Crippen molar-refractivity contribution in [1.82, 2.24) is 10.2 Å². The second-order valence-corrected chi connectivity index (χ2v) is 5.60. The van der Waals surface area contributed by atoms with Crippen LogP contribution in [0.1, 0.15) is 43.2 Å². The monoisotopic (exact) mass is 272 g/mol. The van der Waals surface area contributed by atoms with Gasteiger partial charge in [-0.05, 0) is 31.4 Å². The molecule has 0 heterocycles. The summed E-state index contributed by atoms with van der Waals surface area (Å²) in [5.74, 6) is 0. The van der Waals surface area contributed by atoms with Crippen LogP contribution < -0.4 is 5.32 Å². The Hall–Kier alpha value is -1.77. The number of rotatable bonds is 3. The van der Waals surface area contributed by atoms with Crippen molar-refractivity contribution in [2.75, 3.05) is 7.05 Å². The van der Waals surface area contributed by atoms with Crippen molar-refractivity contribution in [2.24, 2.45) is 0 Å². The number of nitrogens with zero attached hydrogens (tertiary/aromatic N) is 1. The van der Waals surface area contributed by atoms with E-state index in [1.165, 1.54) is 24.8 Å². The van der Waals surface area contributed by atoms with E-state index in [2.05, 4.69) is 24.4 Å². The third-order valence-electron chi connectivity index (χ3n) is 3.97. The highest BCUT2D eigenvalue weighted by molar-refractivity contribution is 5.76. The molecule has 0 radical (unpaired) electrons. The Morgan fingerprint density at radius 3 is 2.75 bits per heavy atom. The van der Waals surface area contributed by atoms with Crippen LogP contribution >= 0.6 is 0 Å². The maximum atomic E-state index is 12.1. The molecule has 1 aromatic carbocycles. The molecule has 3 heteroatoms. The Morgan fingerprint density at radius 1 is 1.30 bits per heavy atom. The Labute approximate surface area is 121 Å². The summed E-state index contributed by atoms with van der Waals surface area (Å²) in [7, 11) is 1.89. The van der Waals surface area contributed by atoms with Gasteiger partial charge < -0.3 is 10.2 Å². The highest BCUT2D eigenvalue weighted by Crippen LogP contribution is 2.21. The molecule has 0 saturated heterocycles. The molecule has 0 aromatic heterocycles. The first-order valence-corrected chi connectivity index (χ1v) is 7.43. The van der Waals surface area contributed by atoms with Crippen LogP contribution in [0.2, 0.25) is 0 Å². The van der Waals surface area contributed by atoms with Gasteiger partial charge in [-0.2, -0.15) is 0 Å². The van der Waals surface area contributed by atoms with Crippen molar-refractivity contribution in [3.05, 3.63) is 41.6 Å². The number of amides is 2. The van der Waals surface area contributed by atoms with Crippen LogP contribution in [0.5, 0.6) is 0 Å². The van der Waals surface area contributed by atoms with Crippen molar-refractivity contribution >= 4 is 12.1 Å². The summed E-state index contributed by atoms with van der Waals surface area (Å²) in [5, 5.41) is 2.85. The van der Waals surface area contributed by atoms with E-state index in [4.69, 9.17) is 0 Å². The lowest BCUT2D eigenvalue weighted by Gasteiger charge is -2.30. The second kappa shape index (κ2) is 7.13. The summed E-state index contributed by atoms with van der Waals surface area (Å²) in [4.78, 5) is 13.9. The maximum absolute atomic E-state index is 12.1. The molecular formula is C17H24N2O. The average molecular weight is 272 g/mol. The fraction of sp³-hybridized carbons (Fsp3) is 0.471. The van der Waals surface area contributed by atoms with Crippen LogP contribution in [0.25, 0.3) is 6.08 Å². The number of hydrogen-bond acceptors (Lipinski definition) is 1. The van der Waals surface area contributed by atoms with Gasteiger partial charge in [0.25, 0.3) is 0 Å². The fourth-order valence-electron chi connectivity index (χ4n) is 2.72. The third kappa shape index (κ3) is 4.12. The summed E-state index contributed by atoms with van der Waals surface area (Å²) < 4.78 is 0. The molecule has 1 saturated carbocycles. The summed E-state index contributed by atoms with van der Waals surface area (Å²) >= 11 is 0. The number of nitrogens with one attached hydrogen (secondary N) is 1.